The number of hydrogen-bond donors (Lipinski definition) is 0. The zero-order chi connectivity index (χ0) is 11.1. The molecule has 1 aliphatic carbocycles. The van der Waals surface area contributed by atoms with Gasteiger partial charge in [0.1, 0.15) is 0 Å². The van der Waals surface area contributed by atoms with Crippen LogP contribution < -0.4 is 0 Å². The van der Waals surface area contributed by atoms with E-state index in [-0.39, 0.29) is 5.41 Å². The van der Waals surface area contributed by atoms with Crippen molar-refractivity contribution in [3.63, 3.8) is 0 Å². The van der Waals surface area contributed by atoms with E-state index in [4.69, 9.17) is 4.74 Å². The number of fused-ring (bicyclic) bond motifs is 1. The summed E-state index contributed by atoms with van der Waals surface area (Å²) in [5.41, 5.74) is 4.63. The summed E-state index contributed by atoms with van der Waals surface area (Å²) in [6, 6.07) is 6.89. The molecule has 1 aromatic rings. The normalized spacial score (nSPS) is 20.4. The largest absolute Gasteiger partial charge is 0.381 e. The third-order valence-corrected chi connectivity index (χ3v) is 3.30. The van der Waals surface area contributed by atoms with E-state index < -0.39 is 0 Å². The van der Waals surface area contributed by atoms with Gasteiger partial charge in [-0.25, -0.2) is 0 Å². The number of ether oxygens (including phenoxy) is 1. The molecule has 2 rings (SSSR count). The van der Waals surface area contributed by atoms with Crippen LogP contribution in [-0.2, 0) is 23.0 Å². The Labute approximate surface area is 92.5 Å². The van der Waals surface area contributed by atoms with Crippen molar-refractivity contribution in [2.45, 2.75) is 45.1 Å². The SMILES string of the molecule is COC1Cc2ccc(C(C)(C)C)cc2C1. The van der Waals surface area contributed by atoms with E-state index in [2.05, 4.69) is 39.0 Å². The lowest BCUT2D eigenvalue weighted by atomic mass is 9.85. The van der Waals surface area contributed by atoms with E-state index in [1.54, 1.807) is 7.11 Å². The Balaban J connectivity index is 2.30. The highest BCUT2D eigenvalue weighted by Gasteiger charge is 2.23. The minimum Gasteiger partial charge on any atom is -0.381 e. The second-order valence-corrected chi connectivity index (χ2v) is 5.50. The van der Waals surface area contributed by atoms with E-state index in [0.29, 0.717) is 6.10 Å². The van der Waals surface area contributed by atoms with E-state index in [9.17, 15) is 0 Å². The first kappa shape index (κ1) is 10.7. The first-order chi connectivity index (χ1) is 7.00. The molecule has 0 fully saturated rings. The van der Waals surface area contributed by atoms with Crippen molar-refractivity contribution < 1.29 is 4.74 Å². The molecular formula is C14H20O. The second-order valence-electron chi connectivity index (χ2n) is 5.50. The van der Waals surface area contributed by atoms with Gasteiger partial charge < -0.3 is 4.74 Å². The summed E-state index contributed by atoms with van der Waals surface area (Å²) in [5, 5.41) is 0. The van der Waals surface area contributed by atoms with Crippen LogP contribution in [0.5, 0.6) is 0 Å². The molecule has 0 saturated heterocycles. The lowest BCUT2D eigenvalue weighted by molar-refractivity contribution is 0.112. The molecule has 15 heavy (non-hydrogen) atoms. The Morgan fingerprint density at radius 1 is 1.13 bits per heavy atom. The predicted molar refractivity (Wildman–Crippen MR) is 63.3 cm³/mol. The molecule has 0 aliphatic heterocycles. The van der Waals surface area contributed by atoms with Crippen molar-refractivity contribution in [2.75, 3.05) is 7.11 Å². The molecule has 1 atom stereocenters. The molecule has 1 unspecified atom stereocenters. The fourth-order valence-corrected chi connectivity index (χ4v) is 2.21. The van der Waals surface area contributed by atoms with Crippen LogP contribution in [0.4, 0.5) is 0 Å². The smallest absolute Gasteiger partial charge is 0.0652 e. The van der Waals surface area contributed by atoms with Crippen molar-refractivity contribution in [1.29, 1.82) is 0 Å². The minimum atomic E-state index is 0.250. The summed E-state index contributed by atoms with van der Waals surface area (Å²) >= 11 is 0. The van der Waals surface area contributed by atoms with Crippen molar-refractivity contribution in [1.82, 2.24) is 0 Å². The van der Waals surface area contributed by atoms with Crippen molar-refractivity contribution in [3.8, 4) is 0 Å². The molecule has 0 heterocycles. The predicted octanol–water partition coefficient (Wildman–Crippen LogP) is 3.10. The summed E-state index contributed by atoms with van der Waals surface area (Å²) in [5.74, 6) is 0. The summed E-state index contributed by atoms with van der Waals surface area (Å²) in [6.45, 7) is 6.78. The van der Waals surface area contributed by atoms with Gasteiger partial charge in [-0.3, -0.25) is 0 Å². The van der Waals surface area contributed by atoms with Crippen LogP contribution in [0.1, 0.15) is 37.5 Å². The van der Waals surface area contributed by atoms with Gasteiger partial charge in [-0.05, 0) is 34.9 Å². The number of benzene rings is 1. The molecule has 1 aromatic carbocycles. The van der Waals surface area contributed by atoms with Gasteiger partial charge in [0.25, 0.3) is 0 Å². The monoisotopic (exact) mass is 204 g/mol. The first-order valence-electron chi connectivity index (χ1n) is 5.66. The Morgan fingerprint density at radius 2 is 1.80 bits per heavy atom. The summed E-state index contributed by atoms with van der Waals surface area (Å²) in [6.07, 6.45) is 2.56. The summed E-state index contributed by atoms with van der Waals surface area (Å²) in [4.78, 5) is 0. The van der Waals surface area contributed by atoms with Crippen LogP contribution in [0, 0.1) is 0 Å². The molecule has 0 amide bonds. The lowest BCUT2D eigenvalue weighted by Crippen LogP contribution is -2.11. The molecule has 1 aliphatic rings. The Hall–Kier alpha value is -0.820. The third kappa shape index (κ3) is 2.07. The third-order valence-electron chi connectivity index (χ3n) is 3.30. The highest BCUT2D eigenvalue weighted by Crippen LogP contribution is 2.29. The van der Waals surface area contributed by atoms with Crippen LogP contribution >= 0.6 is 0 Å². The molecule has 0 N–H and O–H groups in total. The maximum Gasteiger partial charge on any atom is 0.0652 e. The molecule has 0 bridgehead atoms. The molecule has 82 valence electrons. The second kappa shape index (κ2) is 3.64. The van der Waals surface area contributed by atoms with E-state index in [1.165, 1.54) is 16.7 Å². The van der Waals surface area contributed by atoms with Gasteiger partial charge >= 0.3 is 0 Å². The molecular weight excluding hydrogens is 184 g/mol. The molecule has 1 nitrogen and oxygen atoms in total. The minimum absolute atomic E-state index is 0.250. The van der Waals surface area contributed by atoms with Crippen LogP contribution in [-0.4, -0.2) is 13.2 Å². The average molecular weight is 204 g/mol. The van der Waals surface area contributed by atoms with Crippen LogP contribution in [0.3, 0.4) is 0 Å². The molecule has 1 heteroatoms. The topological polar surface area (TPSA) is 9.23 Å². The van der Waals surface area contributed by atoms with Crippen molar-refractivity contribution >= 4 is 0 Å². The van der Waals surface area contributed by atoms with Gasteiger partial charge in [0.05, 0.1) is 6.10 Å². The zero-order valence-corrected chi connectivity index (χ0v) is 10.1. The lowest BCUT2D eigenvalue weighted by Gasteiger charge is -2.19. The quantitative estimate of drug-likeness (QED) is 0.683. The van der Waals surface area contributed by atoms with E-state index >= 15 is 0 Å². The van der Waals surface area contributed by atoms with Gasteiger partial charge in [-0.2, -0.15) is 0 Å². The van der Waals surface area contributed by atoms with Crippen molar-refractivity contribution in [3.05, 3.63) is 34.9 Å². The van der Waals surface area contributed by atoms with Crippen molar-refractivity contribution in [2.24, 2.45) is 0 Å². The fraction of sp³-hybridized carbons (Fsp3) is 0.571. The highest BCUT2D eigenvalue weighted by molar-refractivity contribution is 5.39. The fourth-order valence-electron chi connectivity index (χ4n) is 2.21. The van der Waals surface area contributed by atoms with Crippen LogP contribution in [0.2, 0.25) is 0 Å². The van der Waals surface area contributed by atoms with Gasteiger partial charge in [-0.1, -0.05) is 39.0 Å². The van der Waals surface area contributed by atoms with Gasteiger partial charge in [0.2, 0.25) is 0 Å². The van der Waals surface area contributed by atoms with Crippen LogP contribution in [0.15, 0.2) is 18.2 Å². The van der Waals surface area contributed by atoms with Gasteiger partial charge in [-0.15, -0.1) is 0 Å². The zero-order valence-electron chi connectivity index (χ0n) is 10.1. The standard InChI is InChI=1S/C14H20O/c1-14(2,3)12-6-5-10-8-13(15-4)9-11(10)7-12/h5-7,13H,8-9H2,1-4H3. The Kier molecular flexibility index (Phi) is 2.59. The molecule has 0 saturated carbocycles. The highest BCUT2D eigenvalue weighted by atomic mass is 16.5. The maximum atomic E-state index is 5.42. The number of methoxy groups -OCH3 is 1. The molecule has 0 spiro atoms. The van der Waals surface area contributed by atoms with E-state index in [0.717, 1.165) is 12.8 Å². The van der Waals surface area contributed by atoms with Gasteiger partial charge in [0, 0.05) is 7.11 Å². The average Bonchev–Trinajstić information content (AvgIpc) is 2.57. The summed E-state index contributed by atoms with van der Waals surface area (Å²) < 4.78 is 5.42. The number of rotatable bonds is 1. The van der Waals surface area contributed by atoms with E-state index in [1.807, 2.05) is 0 Å². The first-order valence-corrected chi connectivity index (χ1v) is 5.66. The molecule has 0 aromatic heterocycles. The Bertz CT molecular complexity index is 360. The molecule has 0 radical (unpaired) electrons. The number of hydrogen-bond acceptors (Lipinski definition) is 1. The maximum absolute atomic E-state index is 5.42. The van der Waals surface area contributed by atoms with Gasteiger partial charge in [0.15, 0.2) is 0 Å². The summed E-state index contributed by atoms with van der Waals surface area (Å²) in [7, 11) is 1.81. The Morgan fingerprint density at radius 3 is 2.40 bits per heavy atom. The van der Waals surface area contributed by atoms with Crippen LogP contribution in [0.25, 0.3) is 0 Å².